The molecule has 2 fully saturated rings. The maximum Gasteiger partial charge on any atom is 0.231 e. The quantitative estimate of drug-likeness (QED) is 0.715. The van der Waals surface area contributed by atoms with Crippen molar-refractivity contribution in [2.45, 2.75) is 12.3 Å². The lowest BCUT2D eigenvalue weighted by molar-refractivity contribution is 0.114. The molecule has 0 unspecified atom stereocenters. The van der Waals surface area contributed by atoms with Gasteiger partial charge in [0.2, 0.25) is 13.6 Å². The van der Waals surface area contributed by atoms with Crippen LogP contribution in [-0.2, 0) is 0 Å². The van der Waals surface area contributed by atoms with Crippen LogP contribution in [0.15, 0.2) is 36.4 Å². The topological polar surface area (TPSA) is 67.5 Å². The highest BCUT2D eigenvalue weighted by Gasteiger charge is 2.47. The van der Waals surface area contributed by atoms with E-state index in [9.17, 15) is 0 Å². The molecule has 0 spiro atoms. The van der Waals surface area contributed by atoms with E-state index in [0.29, 0.717) is 21.7 Å². The first-order valence-electron chi connectivity index (χ1n) is 8.67. The van der Waals surface area contributed by atoms with Gasteiger partial charge in [-0.2, -0.15) is 0 Å². The minimum atomic E-state index is -0.235. The summed E-state index contributed by atoms with van der Waals surface area (Å²) in [5, 5.41) is 11.8. The molecule has 2 aromatic rings. The first-order chi connectivity index (χ1) is 13.7. The number of benzene rings is 2. The van der Waals surface area contributed by atoms with E-state index in [0.717, 1.165) is 22.6 Å². The average molecular weight is 414 g/mol. The van der Waals surface area contributed by atoms with Crippen molar-refractivity contribution in [3.8, 4) is 23.0 Å². The second-order valence-corrected chi connectivity index (χ2v) is 7.39. The molecule has 28 heavy (non-hydrogen) atoms. The Morgan fingerprint density at radius 3 is 1.57 bits per heavy atom. The van der Waals surface area contributed by atoms with E-state index in [1.807, 2.05) is 46.4 Å². The molecule has 4 heterocycles. The lowest BCUT2D eigenvalue weighted by Gasteiger charge is -2.26. The Balaban J connectivity index is 1.35. The Morgan fingerprint density at radius 1 is 0.679 bits per heavy atom. The van der Waals surface area contributed by atoms with Crippen LogP contribution in [-0.4, -0.2) is 33.8 Å². The van der Waals surface area contributed by atoms with Crippen molar-refractivity contribution in [2.24, 2.45) is 0 Å². The molecule has 2 aromatic carbocycles. The van der Waals surface area contributed by atoms with Crippen LogP contribution in [0.3, 0.4) is 0 Å². The van der Waals surface area contributed by atoms with Gasteiger partial charge in [-0.25, -0.2) is 10.0 Å². The van der Waals surface area contributed by atoms with Crippen LogP contribution >= 0.6 is 24.4 Å². The van der Waals surface area contributed by atoms with Crippen LogP contribution in [0.25, 0.3) is 0 Å². The highest BCUT2D eigenvalue weighted by atomic mass is 32.1. The molecule has 0 bridgehead atoms. The summed E-state index contributed by atoms with van der Waals surface area (Å²) in [5.74, 6) is 2.91. The maximum atomic E-state index is 5.62. The van der Waals surface area contributed by atoms with Gasteiger partial charge >= 0.3 is 0 Å². The molecule has 8 nitrogen and oxygen atoms in total. The second-order valence-electron chi connectivity index (χ2n) is 6.62. The van der Waals surface area contributed by atoms with Crippen LogP contribution in [0.1, 0.15) is 23.5 Å². The van der Waals surface area contributed by atoms with Crippen molar-refractivity contribution in [3.63, 3.8) is 0 Å². The van der Waals surface area contributed by atoms with Crippen molar-refractivity contribution in [1.82, 2.24) is 20.7 Å². The van der Waals surface area contributed by atoms with Crippen molar-refractivity contribution in [2.75, 3.05) is 13.6 Å². The first kappa shape index (κ1) is 16.0. The van der Waals surface area contributed by atoms with Gasteiger partial charge in [0.25, 0.3) is 0 Å². The fraction of sp³-hybridized carbons (Fsp3) is 0.222. The molecule has 2 atom stereocenters. The van der Waals surface area contributed by atoms with E-state index < -0.39 is 0 Å². The van der Waals surface area contributed by atoms with Crippen LogP contribution in [0.4, 0.5) is 0 Å². The molecule has 0 saturated carbocycles. The summed E-state index contributed by atoms with van der Waals surface area (Å²) in [5.41, 5.74) is 1.95. The normalized spacial score (nSPS) is 23.7. The zero-order chi connectivity index (χ0) is 18.8. The fourth-order valence-electron chi connectivity index (χ4n) is 3.78. The molecular formula is C18H14N4O4S2. The van der Waals surface area contributed by atoms with E-state index in [-0.39, 0.29) is 25.9 Å². The standard InChI is InChI=1S/C18H14N4O4S2/c27-17-19-15(9-1-3-11-13(5-9)25-7-23-11)21-18(28)20-16(22(17)21)10-2-4-12-14(6-10)26-8-24-12/h1-6,15-16H,7-8H2,(H,19,27)(H,20,28)/t15-,16-/m0/s1. The molecule has 142 valence electrons. The number of hydrogen-bond acceptors (Lipinski definition) is 6. The number of nitrogens with one attached hydrogen (secondary N) is 2. The van der Waals surface area contributed by atoms with Gasteiger partial charge in [0.1, 0.15) is 12.3 Å². The number of rotatable bonds is 2. The van der Waals surface area contributed by atoms with Crippen LogP contribution in [0.2, 0.25) is 0 Å². The molecule has 2 saturated heterocycles. The van der Waals surface area contributed by atoms with Gasteiger partial charge < -0.3 is 29.6 Å². The predicted octanol–water partition coefficient (Wildman–Crippen LogP) is 2.14. The maximum absolute atomic E-state index is 5.62. The molecular weight excluding hydrogens is 400 g/mol. The molecule has 0 aliphatic carbocycles. The summed E-state index contributed by atoms with van der Waals surface area (Å²) >= 11 is 11.2. The monoisotopic (exact) mass is 414 g/mol. The van der Waals surface area contributed by atoms with Gasteiger partial charge in [-0.1, -0.05) is 12.1 Å². The van der Waals surface area contributed by atoms with Crippen molar-refractivity contribution < 1.29 is 18.9 Å². The summed E-state index contributed by atoms with van der Waals surface area (Å²) in [4.78, 5) is 0. The summed E-state index contributed by atoms with van der Waals surface area (Å²) in [6.45, 7) is 0.467. The molecule has 0 radical (unpaired) electrons. The van der Waals surface area contributed by atoms with Crippen molar-refractivity contribution in [3.05, 3.63) is 47.5 Å². The van der Waals surface area contributed by atoms with E-state index >= 15 is 0 Å². The largest absolute Gasteiger partial charge is 0.454 e. The zero-order valence-electron chi connectivity index (χ0n) is 14.4. The third kappa shape index (κ3) is 2.21. The van der Waals surface area contributed by atoms with Crippen molar-refractivity contribution >= 4 is 34.7 Å². The smallest absolute Gasteiger partial charge is 0.231 e. The molecule has 4 aliphatic rings. The zero-order valence-corrected chi connectivity index (χ0v) is 16.0. The van der Waals surface area contributed by atoms with Crippen molar-refractivity contribution in [1.29, 1.82) is 0 Å². The number of fused-ring (bicyclic) bond motifs is 3. The number of nitrogens with zero attached hydrogens (tertiary/aromatic N) is 2. The van der Waals surface area contributed by atoms with Gasteiger partial charge in [0.05, 0.1) is 0 Å². The predicted molar refractivity (Wildman–Crippen MR) is 106 cm³/mol. The van der Waals surface area contributed by atoms with Gasteiger partial charge in [0, 0.05) is 11.1 Å². The van der Waals surface area contributed by atoms with E-state index in [1.54, 1.807) is 0 Å². The minimum absolute atomic E-state index is 0.233. The summed E-state index contributed by atoms with van der Waals surface area (Å²) in [6, 6.07) is 11.6. The third-order valence-electron chi connectivity index (χ3n) is 5.08. The molecule has 0 aromatic heterocycles. The number of ether oxygens (including phenoxy) is 4. The molecule has 4 aliphatic heterocycles. The minimum Gasteiger partial charge on any atom is -0.454 e. The highest BCUT2D eigenvalue weighted by Crippen LogP contribution is 2.42. The average Bonchev–Trinajstić information content (AvgIpc) is 3.46. The van der Waals surface area contributed by atoms with E-state index in [1.165, 1.54) is 0 Å². The number of hydrogen-bond donors (Lipinski definition) is 2. The number of hydrazine groups is 1. The lowest BCUT2D eigenvalue weighted by atomic mass is 10.1. The molecule has 2 N–H and O–H groups in total. The van der Waals surface area contributed by atoms with Gasteiger partial charge in [-0.3, -0.25) is 0 Å². The Morgan fingerprint density at radius 2 is 1.11 bits per heavy atom. The van der Waals surface area contributed by atoms with E-state index in [4.69, 9.17) is 43.4 Å². The molecule has 6 rings (SSSR count). The highest BCUT2D eigenvalue weighted by molar-refractivity contribution is 7.80. The first-order valence-corrected chi connectivity index (χ1v) is 9.49. The SMILES string of the molecule is S=C1N[C@H](c2ccc3c(c2)OCO3)N2C(=S)N[C@H](c3ccc4c(c3)OCO4)N12. The van der Waals surface area contributed by atoms with E-state index in [2.05, 4.69) is 10.6 Å². The van der Waals surface area contributed by atoms with Gasteiger partial charge in [-0.05, 0) is 48.7 Å². The lowest BCUT2D eigenvalue weighted by Crippen LogP contribution is -2.36. The van der Waals surface area contributed by atoms with Crippen LogP contribution in [0, 0.1) is 0 Å². The summed E-state index contributed by atoms with van der Waals surface area (Å²) < 4.78 is 21.8. The summed E-state index contributed by atoms with van der Waals surface area (Å²) in [6.07, 6.45) is -0.470. The second kappa shape index (κ2) is 5.76. The van der Waals surface area contributed by atoms with Gasteiger partial charge in [0.15, 0.2) is 33.2 Å². The van der Waals surface area contributed by atoms with Crippen LogP contribution < -0.4 is 29.6 Å². The third-order valence-corrected chi connectivity index (χ3v) is 5.69. The van der Waals surface area contributed by atoms with Crippen LogP contribution in [0.5, 0.6) is 23.0 Å². The van der Waals surface area contributed by atoms with Gasteiger partial charge in [-0.15, -0.1) is 0 Å². The molecule has 0 amide bonds. The Hall–Kier alpha value is -2.98. The Labute approximate surface area is 170 Å². The Kier molecular flexibility index (Phi) is 3.29. The number of thiocarbonyl (C=S) groups is 2. The summed E-state index contributed by atoms with van der Waals surface area (Å²) in [7, 11) is 0. The molecule has 10 heteroatoms. The fourth-order valence-corrected chi connectivity index (χ4v) is 4.39. The Bertz CT molecular complexity index is 951.